The van der Waals surface area contributed by atoms with Gasteiger partial charge in [0.25, 0.3) is 0 Å². The predicted molar refractivity (Wildman–Crippen MR) is 112 cm³/mol. The zero-order chi connectivity index (χ0) is 20.2. The molecule has 1 aromatic heterocycles. The van der Waals surface area contributed by atoms with Crippen molar-refractivity contribution in [1.82, 2.24) is 4.90 Å². The molecule has 0 atom stereocenters. The number of phenols is 2. The summed E-state index contributed by atoms with van der Waals surface area (Å²) in [7, 11) is 0. The van der Waals surface area contributed by atoms with Gasteiger partial charge in [-0.3, -0.25) is 4.79 Å². The van der Waals surface area contributed by atoms with Gasteiger partial charge in [0, 0.05) is 18.7 Å². The zero-order valence-corrected chi connectivity index (χ0v) is 16.3. The van der Waals surface area contributed by atoms with Crippen LogP contribution in [0.1, 0.15) is 25.7 Å². The summed E-state index contributed by atoms with van der Waals surface area (Å²) in [5.74, 6) is 0.431. The van der Waals surface area contributed by atoms with Gasteiger partial charge in [-0.25, -0.2) is 0 Å². The van der Waals surface area contributed by atoms with E-state index in [9.17, 15) is 15.0 Å². The van der Waals surface area contributed by atoms with Gasteiger partial charge in [0.05, 0.1) is 12.2 Å². The third kappa shape index (κ3) is 4.38. The lowest BCUT2D eigenvalue weighted by Crippen LogP contribution is -2.31. The van der Waals surface area contributed by atoms with Crippen molar-refractivity contribution in [3.63, 3.8) is 0 Å². The van der Waals surface area contributed by atoms with E-state index in [1.54, 1.807) is 18.2 Å². The molecule has 2 heterocycles. The van der Waals surface area contributed by atoms with Crippen molar-refractivity contribution in [2.45, 2.75) is 25.7 Å². The SMILES string of the molecule is O=c1c(-c2ccc(O)cc2)coc2cc(OCCCN3CCCCC3)cc(O)c12. The molecule has 0 unspecified atom stereocenters. The number of aromatic hydroxyl groups is 2. The van der Waals surface area contributed by atoms with Crippen LogP contribution in [0.25, 0.3) is 22.1 Å². The van der Waals surface area contributed by atoms with Crippen LogP contribution in [0, 0.1) is 0 Å². The van der Waals surface area contributed by atoms with E-state index in [-0.39, 0.29) is 27.9 Å². The molecule has 152 valence electrons. The van der Waals surface area contributed by atoms with Gasteiger partial charge in [0.2, 0.25) is 5.43 Å². The molecule has 6 heteroatoms. The Bertz CT molecular complexity index is 1040. The maximum absolute atomic E-state index is 12.9. The number of phenolic OH excluding ortho intramolecular Hbond substituents is 2. The van der Waals surface area contributed by atoms with E-state index in [1.165, 1.54) is 43.7 Å². The highest BCUT2D eigenvalue weighted by molar-refractivity contribution is 5.88. The molecule has 1 aliphatic rings. The summed E-state index contributed by atoms with van der Waals surface area (Å²) in [6, 6.07) is 9.35. The van der Waals surface area contributed by atoms with Gasteiger partial charge in [0.1, 0.15) is 34.5 Å². The van der Waals surface area contributed by atoms with Crippen LogP contribution < -0.4 is 10.2 Å². The number of hydrogen-bond donors (Lipinski definition) is 2. The summed E-state index contributed by atoms with van der Waals surface area (Å²) in [5, 5.41) is 20.0. The summed E-state index contributed by atoms with van der Waals surface area (Å²) in [5.41, 5.74) is 0.883. The molecule has 1 saturated heterocycles. The highest BCUT2D eigenvalue weighted by Gasteiger charge is 2.15. The normalized spacial score (nSPS) is 14.9. The molecule has 0 saturated carbocycles. The van der Waals surface area contributed by atoms with Crippen molar-refractivity contribution in [2.24, 2.45) is 0 Å². The van der Waals surface area contributed by atoms with Crippen LogP contribution in [-0.2, 0) is 0 Å². The Morgan fingerprint density at radius 1 is 1.03 bits per heavy atom. The van der Waals surface area contributed by atoms with Gasteiger partial charge < -0.3 is 24.3 Å². The maximum Gasteiger partial charge on any atom is 0.204 e. The molecule has 29 heavy (non-hydrogen) atoms. The number of fused-ring (bicyclic) bond motifs is 1. The van der Waals surface area contributed by atoms with Crippen LogP contribution >= 0.6 is 0 Å². The standard InChI is InChI=1S/C23H25NO5/c25-17-7-5-16(6-8-17)19-15-29-21-14-18(13-20(26)22(21)23(19)27)28-12-4-11-24-9-2-1-3-10-24/h5-8,13-15,25-26H,1-4,9-12H2. The number of likely N-dealkylation sites (tertiary alicyclic amines) is 1. The third-order valence-electron chi connectivity index (χ3n) is 5.34. The minimum absolute atomic E-state index is 0.115. The third-order valence-corrected chi connectivity index (χ3v) is 5.34. The molecular formula is C23H25NO5. The number of nitrogens with zero attached hydrogens (tertiary/aromatic N) is 1. The second-order valence-corrected chi connectivity index (χ2v) is 7.45. The minimum atomic E-state index is -0.328. The van der Waals surface area contributed by atoms with E-state index in [1.807, 2.05) is 0 Å². The highest BCUT2D eigenvalue weighted by Crippen LogP contribution is 2.30. The van der Waals surface area contributed by atoms with Crippen LogP contribution in [0.2, 0.25) is 0 Å². The Kier molecular flexibility index (Phi) is 5.71. The van der Waals surface area contributed by atoms with Crippen molar-refractivity contribution in [2.75, 3.05) is 26.2 Å². The number of rotatable bonds is 6. The first kappa shape index (κ1) is 19.3. The molecule has 0 bridgehead atoms. The Morgan fingerprint density at radius 3 is 2.55 bits per heavy atom. The Labute approximate surface area is 169 Å². The lowest BCUT2D eigenvalue weighted by atomic mass is 10.0. The first-order valence-corrected chi connectivity index (χ1v) is 10.0. The average Bonchev–Trinajstić information content (AvgIpc) is 2.73. The smallest absolute Gasteiger partial charge is 0.204 e. The van der Waals surface area contributed by atoms with Crippen molar-refractivity contribution >= 4 is 11.0 Å². The van der Waals surface area contributed by atoms with Crippen molar-refractivity contribution < 1.29 is 19.4 Å². The largest absolute Gasteiger partial charge is 0.508 e. The van der Waals surface area contributed by atoms with Crippen LogP contribution in [-0.4, -0.2) is 41.4 Å². The molecule has 0 aliphatic carbocycles. The lowest BCUT2D eigenvalue weighted by molar-refractivity contribution is 0.205. The second kappa shape index (κ2) is 8.57. The Hall–Kier alpha value is -2.99. The second-order valence-electron chi connectivity index (χ2n) is 7.45. The molecule has 0 amide bonds. The molecule has 3 aromatic rings. The van der Waals surface area contributed by atoms with E-state index < -0.39 is 0 Å². The van der Waals surface area contributed by atoms with Gasteiger partial charge in [0.15, 0.2) is 0 Å². The number of hydrogen-bond acceptors (Lipinski definition) is 6. The van der Waals surface area contributed by atoms with Gasteiger partial charge >= 0.3 is 0 Å². The van der Waals surface area contributed by atoms with Crippen molar-refractivity contribution in [3.8, 4) is 28.4 Å². The lowest BCUT2D eigenvalue weighted by Gasteiger charge is -2.26. The Balaban J connectivity index is 1.49. The van der Waals surface area contributed by atoms with E-state index in [2.05, 4.69) is 4.90 Å². The fourth-order valence-electron chi connectivity index (χ4n) is 3.79. The summed E-state index contributed by atoms with van der Waals surface area (Å²) >= 11 is 0. The van der Waals surface area contributed by atoms with Crippen LogP contribution in [0.3, 0.4) is 0 Å². The molecule has 6 nitrogen and oxygen atoms in total. The molecule has 0 radical (unpaired) electrons. The van der Waals surface area contributed by atoms with Gasteiger partial charge in [-0.15, -0.1) is 0 Å². The number of benzene rings is 2. The summed E-state index contributed by atoms with van der Waals surface area (Å²) in [6.07, 6.45) is 6.14. The molecule has 2 aromatic carbocycles. The van der Waals surface area contributed by atoms with Gasteiger partial charge in [-0.05, 0) is 50.0 Å². The molecule has 1 fully saturated rings. The average molecular weight is 395 g/mol. The first-order chi connectivity index (χ1) is 14.1. The molecule has 0 spiro atoms. The summed E-state index contributed by atoms with van der Waals surface area (Å²) in [6.45, 7) is 3.86. The van der Waals surface area contributed by atoms with Crippen LogP contribution in [0.4, 0.5) is 0 Å². The van der Waals surface area contributed by atoms with Crippen LogP contribution in [0.5, 0.6) is 17.2 Å². The first-order valence-electron chi connectivity index (χ1n) is 10.0. The van der Waals surface area contributed by atoms with Crippen molar-refractivity contribution in [3.05, 3.63) is 52.9 Å². The van der Waals surface area contributed by atoms with Gasteiger partial charge in [-0.1, -0.05) is 18.6 Å². The maximum atomic E-state index is 12.9. The van der Waals surface area contributed by atoms with Crippen molar-refractivity contribution in [1.29, 1.82) is 0 Å². The number of ether oxygens (including phenoxy) is 1. The van der Waals surface area contributed by atoms with Gasteiger partial charge in [-0.2, -0.15) is 0 Å². The van der Waals surface area contributed by atoms with E-state index in [4.69, 9.17) is 9.15 Å². The quantitative estimate of drug-likeness (QED) is 0.611. The fraction of sp³-hybridized carbons (Fsp3) is 0.348. The summed E-state index contributed by atoms with van der Waals surface area (Å²) in [4.78, 5) is 15.3. The predicted octanol–water partition coefficient (Wildman–Crippen LogP) is 4.13. The zero-order valence-electron chi connectivity index (χ0n) is 16.3. The number of piperidine rings is 1. The monoisotopic (exact) mass is 395 g/mol. The topological polar surface area (TPSA) is 83.1 Å². The van der Waals surface area contributed by atoms with E-state index in [0.29, 0.717) is 23.5 Å². The Morgan fingerprint density at radius 2 is 1.79 bits per heavy atom. The minimum Gasteiger partial charge on any atom is -0.508 e. The van der Waals surface area contributed by atoms with E-state index in [0.717, 1.165) is 26.1 Å². The summed E-state index contributed by atoms with van der Waals surface area (Å²) < 4.78 is 11.4. The highest BCUT2D eigenvalue weighted by atomic mass is 16.5. The fourth-order valence-corrected chi connectivity index (χ4v) is 3.79. The van der Waals surface area contributed by atoms with Crippen LogP contribution in [0.15, 0.2) is 51.9 Å². The molecule has 2 N–H and O–H groups in total. The molecule has 4 rings (SSSR count). The molecule has 1 aliphatic heterocycles. The van der Waals surface area contributed by atoms with E-state index >= 15 is 0 Å². The molecular weight excluding hydrogens is 370 g/mol.